The van der Waals surface area contributed by atoms with E-state index in [0.717, 1.165) is 19.6 Å². The van der Waals surface area contributed by atoms with E-state index in [1.54, 1.807) is 0 Å². The van der Waals surface area contributed by atoms with Gasteiger partial charge in [0.1, 0.15) is 0 Å². The second-order valence-electron chi connectivity index (χ2n) is 5.25. The van der Waals surface area contributed by atoms with Crippen molar-refractivity contribution in [1.29, 1.82) is 0 Å². The number of benzene rings is 1. The molecule has 1 aliphatic heterocycles. The van der Waals surface area contributed by atoms with Crippen molar-refractivity contribution in [3.05, 3.63) is 29.8 Å². The molecule has 0 aliphatic carbocycles. The molecule has 1 aromatic rings. The van der Waals surface area contributed by atoms with Crippen LogP contribution in [-0.2, 0) is 0 Å². The molecular formula is C14H22N2. The number of rotatable bonds is 1. The van der Waals surface area contributed by atoms with Gasteiger partial charge >= 0.3 is 0 Å². The van der Waals surface area contributed by atoms with Gasteiger partial charge in [-0.15, -0.1) is 0 Å². The molecule has 0 bridgehead atoms. The Hall–Kier alpha value is -1.02. The van der Waals surface area contributed by atoms with Crippen LogP contribution < -0.4 is 10.2 Å². The van der Waals surface area contributed by atoms with Gasteiger partial charge in [-0.25, -0.2) is 0 Å². The molecule has 1 aliphatic rings. The van der Waals surface area contributed by atoms with Crippen molar-refractivity contribution < 1.29 is 0 Å². The van der Waals surface area contributed by atoms with E-state index in [9.17, 15) is 0 Å². The van der Waals surface area contributed by atoms with Crippen molar-refractivity contribution in [2.75, 3.05) is 24.5 Å². The number of nitrogens with one attached hydrogen (secondary N) is 1. The molecule has 0 aromatic heterocycles. The van der Waals surface area contributed by atoms with Gasteiger partial charge in [-0.2, -0.15) is 0 Å². The first-order valence-electron chi connectivity index (χ1n) is 6.15. The van der Waals surface area contributed by atoms with E-state index in [1.807, 2.05) is 0 Å². The maximum atomic E-state index is 3.48. The van der Waals surface area contributed by atoms with E-state index < -0.39 is 0 Å². The van der Waals surface area contributed by atoms with E-state index in [-0.39, 0.29) is 5.54 Å². The number of hydrogen-bond donors (Lipinski definition) is 1. The third-order valence-electron chi connectivity index (χ3n) is 3.56. The first kappa shape index (κ1) is 11.5. The summed E-state index contributed by atoms with van der Waals surface area (Å²) in [5.41, 5.74) is 3.00. The van der Waals surface area contributed by atoms with Crippen LogP contribution in [0.25, 0.3) is 0 Å². The predicted octanol–water partition coefficient (Wildman–Crippen LogP) is 2.57. The second kappa shape index (κ2) is 4.46. The van der Waals surface area contributed by atoms with Crippen LogP contribution >= 0.6 is 0 Å². The fraction of sp³-hybridized carbons (Fsp3) is 0.571. The third kappa shape index (κ3) is 2.22. The van der Waals surface area contributed by atoms with Gasteiger partial charge in [-0.05, 0) is 45.4 Å². The predicted molar refractivity (Wildman–Crippen MR) is 70.1 cm³/mol. The molecule has 0 atom stereocenters. The van der Waals surface area contributed by atoms with Crippen LogP contribution in [0.3, 0.4) is 0 Å². The summed E-state index contributed by atoms with van der Waals surface area (Å²) < 4.78 is 0. The summed E-state index contributed by atoms with van der Waals surface area (Å²) in [5.74, 6) is 0. The summed E-state index contributed by atoms with van der Waals surface area (Å²) >= 11 is 0. The quantitative estimate of drug-likeness (QED) is 0.779. The van der Waals surface area contributed by atoms with Gasteiger partial charge in [-0.1, -0.05) is 18.2 Å². The molecule has 1 saturated heterocycles. The fourth-order valence-electron chi connectivity index (χ4n) is 2.46. The Labute approximate surface area is 98.7 Å². The summed E-state index contributed by atoms with van der Waals surface area (Å²) in [4.78, 5) is 2.54. The lowest BCUT2D eigenvalue weighted by Gasteiger charge is -2.39. The third-order valence-corrected chi connectivity index (χ3v) is 3.56. The SMILES string of the molecule is Cc1ccccc1N1CCNCCC1(C)C. The Balaban J connectivity index is 2.33. The average Bonchev–Trinajstić information content (AvgIpc) is 2.40. The lowest BCUT2D eigenvalue weighted by atomic mass is 9.97. The Morgan fingerprint density at radius 3 is 2.69 bits per heavy atom. The Morgan fingerprint density at radius 1 is 1.19 bits per heavy atom. The topological polar surface area (TPSA) is 15.3 Å². The maximum Gasteiger partial charge on any atom is 0.0400 e. The highest BCUT2D eigenvalue weighted by Gasteiger charge is 2.28. The molecular weight excluding hydrogens is 196 g/mol. The van der Waals surface area contributed by atoms with Crippen molar-refractivity contribution in [3.8, 4) is 0 Å². The first-order valence-corrected chi connectivity index (χ1v) is 6.15. The molecule has 88 valence electrons. The van der Waals surface area contributed by atoms with Crippen molar-refractivity contribution in [3.63, 3.8) is 0 Å². The molecule has 1 aromatic carbocycles. The molecule has 2 rings (SSSR count). The molecule has 16 heavy (non-hydrogen) atoms. The van der Waals surface area contributed by atoms with Crippen molar-refractivity contribution in [1.82, 2.24) is 5.32 Å². The molecule has 2 heteroatoms. The van der Waals surface area contributed by atoms with E-state index in [0.29, 0.717) is 0 Å². The number of anilines is 1. The number of aryl methyl sites for hydroxylation is 1. The Bertz CT molecular complexity index is 358. The van der Waals surface area contributed by atoms with Crippen LogP contribution in [0.1, 0.15) is 25.8 Å². The molecule has 2 nitrogen and oxygen atoms in total. The fourth-order valence-corrected chi connectivity index (χ4v) is 2.46. The molecule has 0 radical (unpaired) electrons. The minimum absolute atomic E-state index is 0.246. The Morgan fingerprint density at radius 2 is 1.94 bits per heavy atom. The summed E-state index contributed by atoms with van der Waals surface area (Å²) in [6.07, 6.45) is 1.20. The maximum absolute atomic E-state index is 3.48. The molecule has 0 spiro atoms. The molecule has 1 N–H and O–H groups in total. The molecule has 0 unspecified atom stereocenters. The standard InChI is InChI=1S/C14H22N2/c1-12-6-4-5-7-13(12)16-11-10-15-9-8-14(16,2)3/h4-7,15H,8-11H2,1-3H3. The number of para-hydroxylation sites is 1. The van der Waals surface area contributed by atoms with Crippen LogP contribution in [0.15, 0.2) is 24.3 Å². The average molecular weight is 218 g/mol. The molecule has 1 fully saturated rings. The van der Waals surface area contributed by atoms with Gasteiger partial charge in [0.05, 0.1) is 0 Å². The first-order chi connectivity index (χ1) is 7.61. The van der Waals surface area contributed by atoms with E-state index in [4.69, 9.17) is 0 Å². The zero-order valence-electron chi connectivity index (χ0n) is 10.6. The summed E-state index contributed by atoms with van der Waals surface area (Å²) in [6, 6.07) is 8.69. The highest BCUT2D eigenvalue weighted by Crippen LogP contribution is 2.29. The number of hydrogen-bond acceptors (Lipinski definition) is 2. The van der Waals surface area contributed by atoms with Crippen LogP contribution in [0.4, 0.5) is 5.69 Å². The highest BCUT2D eigenvalue weighted by atomic mass is 15.2. The highest BCUT2D eigenvalue weighted by molar-refractivity contribution is 5.55. The minimum atomic E-state index is 0.246. The largest absolute Gasteiger partial charge is 0.365 e. The van der Waals surface area contributed by atoms with Crippen LogP contribution in [0.5, 0.6) is 0 Å². The molecule has 0 saturated carbocycles. The van der Waals surface area contributed by atoms with Crippen LogP contribution in [0, 0.1) is 6.92 Å². The molecule has 1 heterocycles. The van der Waals surface area contributed by atoms with E-state index >= 15 is 0 Å². The van der Waals surface area contributed by atoms with Gasteiger partial charge in [0.25, 0.3) is 0 Å². The van der Waals surface area contributed by atoms with Crippen LogP contribution in [0.2, 0.25) is 0 Å². The molecule has 0 amide bonds. The van der Waals surface area contributed by atoms with Gasteiger partial charge in [0.2, 0.25) is 0 Å². The summed E-state index contributed by atoms with van der Waals surface area (Å²) in [7, 11) is 0. The summed E-state index contributed by atoms with van der Waals surface area (Å²) in [6.45, 7) is 10.2. The van der Waals surface area contributed by atoms with Crippen molar-refractivity contribution >= 4 is 5.69 Å². The lowest BCUT2D eigenvalue weighted by Crippen LogP contribution is -2.44. The minimum Gasteiger partial charge on any atom is -0.365 e. The number of nitrogens with zero attached hydrogens (tertiary/aromatic N) is 1. The lowest BCUT2D eigenvalue weighted by molar-refractivity contribution is 0.453. The Kier molecular flexibility index (Phi) is 3.20. The van der Waals surface area contributed by atoms with Gasteiger partial charge in [-0.3, -0.25) is 0 Å². The second-order valence-corrected chi connectivity index (χ2v) is 5.25. The van der Waals surface area contributed by atoms with Crippen LogP contribution in [-0.4, -0.2) is 25.2 Å². The van der Waals surface area contributed by atoms with Gasteiger partial charge in [0, 0.05) is 24.3 Å². The van der Waals surface area contributed by atoms with Crippen molar-refractivity contribution in [2.45, 2.75) is 32.7 Å². The van der Waals surface area contributed by atoms with E-state index in [2.05, 4.69) is 55.3 Å². The van der Waals surface area contributed by atoms with Gasteiger partial charge in [0.15, 0.2) is 0 Å². The van der Waals surface area contributed by atoms with E-state index in [1.165, 1.54) is 17.7 Å². The van der Waals surface area contributed by atoms with Crippen molar-refractivity contribution in [2.24, 2.45) is 0 Å². The monoisotopic (exact) mass is 218 g/mol. The zero-order chi connectivity index (χ0) is 11.6. The summed E-state index contributed by atoms with van der Waals surface area (Å²) in [5, 5.41) is 3.48. The zero-order valence-corrected chi connectivity index (χ0v) is 10.6. The van der Waals surface area contributed by atoms with Gasteiger partial charge < -0.3 is 10.2 Å². The smallest absolute Gasteiger partial charge is 0.0400 e. The normalized spacial score (nSPS) is 20.6.